The third-order valence-corrected chi connectivity index (χ3v) is 8.11. The minimum Gasteiger partial charge on any atom is -0.508 e. The van der Waals surface area contributed by atoms with Crippen molar-refractivity contribution >= 4 is 15.7 Å². The number of nitrogens with zero attached hydrogens (tertiary/aromatic N) is 1. The molecule has 3 aromatic rings. The van der Waals surface area contributed by atoms with E-state index in [1.54, 1.807) is 12.1 Å². The average Bonchev–Trinajstić information content (AvgIpc) is 2.90. The van der Waals surface area contributed by atoms with Crippen molar-refractivity contribution in [3.05, 3.63) is 94.5 Å². The SMILES string of the molecule is C[C@H](Cc1cccc(CCC(=O)N2CCc3ccccc3C2)c1)NC[C@H](O[Si]C(C)(C)C)c1cc(O)cc(O)c1. The van der Waals surface area contributed by atoms with Gasteiger partial charge in [0, 0.05) is 38.2 Å². The first-order valence-corrected chi connectivity index (χ1v) is 15.1. The summed E-state index contributed by atoms with van der Waals surface area (Å²) in [5.41, 5.74) is 5.77. The number of hydrogen-bond donors (Lipinski definition) is 3. The summed E-state index contributed by atoms with van der Waals surface area (Å²) in [5.74, 6) is 0.266. The predicted octanol–water partition coefficient (Wildman–Crippen LogP) is 5.73. The van der Waals surface area contributed by atoms with E-state index in [1.165, 1.54) is 28.3 Å². The molecule has 4 rings (SSSR count). The number of hydrogen-bond acceptors (Lipinski definition) is 5. The Morgan fingerprint density at radius 1 is 1.00 bits per heavy atom. The van der Waals surface area contributed by atoms with Gasteiger partial charge in [-0.05, 0) is 71.2 Å². The second kappa shape index (κ2) is 13.5. The number of fused-ring (bicyclic) bond motifs is 1. The molecular formula is C33H42N2O4Si. The van der Waals surface area contributed by atoms with Crippen molar-refractivity contribution in [3.63, 3.8) is 0 Å². The van der Waals surface area contributed by atoms with Gasteiger partial charge in [0.15, 0.2) is 0 Å². The number of benzene rings is 3. The zero-order chi connectivity index (χ0) is 28.7. The van der Waals surface area contributed by atoms with E-state index in [1.807, 2.05) is 11.0 Å². The first-order chi connectivity index (χ1) is 19.1. The van der Waals surface area contributed by atoms with E-state index >= 15 is 0 Å². The molecule has 40 heavy (non-hydrogen) atoms. The van der Waals surface area contributed by atoms with Gasteiger partial charge in [-0.25, -0.2) is 0 Å². The number of aryl methyl sites for hydroxylation is 1. The van der Waals surface area contributed by atoms with E-state index in [4.69, 9.17) is 4.43 Å². The molecule has 3 aromatic carbocycles. The molecule has 6 nitrogen and oxygen atoms in total. The molecule has 0 spiro atoms. The normalized spacial score (nSPS) is 14.9. The summed E-state index contributed by atoms with van der Waals surface area (Å²) in [6, 6.07) is 21.7. The van der Waals surface area contributed by atoms with Crippen LogP contribution in [0.5, 0.6) is 11.5 Å². The number of nitrogens with one attached hydrogen (secondary N) is 1. The van der Waals surface area contributed by atoms with E-state index in [0.29, 0.717) is 19.5 Å². The summed E-state index contributed by atoms with van der Waals surface area (Å²) in [6.45, 7) is 10.6. The van der Waals surface area contributed by atoms with Gasteiger partial charge in [-0.15, -0.1) is 0 Å². The third-order valence-electron chi connectivity index (χ3n) is 7.10. The van der Waals surface area contributed by atoms with Crippen LogP contribution in [-0.4, -0.2) is 49.9 Å². The Hall–Kier alpha value is -3.13. The molecule has 0 unspecified atom stereocenters. The fraction of sp³-hybridized carbons (Fsp3) is 0.424. The molecular weight excluding hydrogens is 516 g/mol. The van der Waals surface area contributed by atoms with Crippen LogP contribution in [-0.2, 0) is 35.0 Å². The summed E-state index contributed by atoms with van der Waals surface area (Å²) in [4.78, 5) is 14.9. The Balaban J connectivity index is 1.30. The summed E-state index contributed by atoms with van der Waals surface area (Å²) < 4.78 is 6.25. The molecule has 1 heterocycles. The lowest BCUT2D eigenvalue weighted by molar-refractivity contribution is -0.132. The van der Waals surface area contributed by atoms with Crippen LogP contribution in [0, 0.1) is 0 Å². The van der Waals surface area contributed by atoms with E-state index in [0.717, 1.165) is 31.4 Å². The van der Waals surface area contributed by atoms with Crippen LogP contribution in [0.4, 0.5) is 0 Å². The van der Waals surface area contributed by atoms with Gasteiger partial charge in [-0.3, -0.25) is 4.79 Å². The van der Waals surface area contributed by atoms with Gasteiger partial charge in [-0.1, -0.05) is 69.3 Å². The van der Waals surface area contributed by atoms with Crippen molar-refractivity contribution in [2.24, 2.45) is 0 Å². The van der Waals surface area contributed by atoms with Gasteiger partial charge in [-0.2, -0.15) is 0 Å². The maximum atomic E-state index is 12.9. The zero-order valence-corrected chi connectivity index (χ0v) is 25.1. The van der Waals surface area contributed by atoms with Crippen molar-refractivity contribution in [1.29, 1.82) is 0 Å². The Labute approximate surface area is 241 Å². The number of amides is 1. The lowest BCUT2D eigenvalue weighted by atomic mass is 9.98. The van der Waals surface area contributed by atoms with Crippen molar-refractivity contribution in [3.8, 4) is 11.5 Å². The maximum absolute atomic E-state index is 12.9. The minimum absolute atomic E-state index is 0.0169. The molecule has 1 amide bonds. The second-order valence-corrected chi connectivity index (χ2v) is 13.8. The van der Waals surface area contributed by atoms with E-state index in [9.17, 15) is 15.0 Å². The summed E-state index contributed by atoms with van der Waals surface area (Å²) in [5, 5.41) is 23.6. The van der Waals surface area contributed by atoms with Crippen LogP contribution in [0.1, 0.15) is 68.0 Å². The number of carbonyl (C=O) groups excluding carboxylic acids is 1. The van der Waals surface area contributed by atoms with Crippen LogP contribution in [0.3, 0.4) is 0 Å². The number of phenols is 2. The molecule has 0 aliphatic carbocycles. The predicted molar refractivity (Wildman–Crippen MR) is 161 cm³/mol. The van der Waals surface area contributed by atoms with Crippen LogP contribution < -0.4 is 5.32 Å². The number of rotatable bonds is 11. The summed E-state index contributed by atoms with van der Waals surface area (Å²) in [6.07, 6.45) is 2.72. The van der Waals surface area contributed by atoms with Gasteiger partial charge < -0.3 is 24.9 Å². The summed E-state index contributed by atoms with van der Waals surface area (Å²) >= 11 is 0. The minimum atomic E-state index is -0.294. The zero-order valence-electron chi connectivity index (χ0n) is 24.1. The molecule has 0 aromatic heterocycles. The third kappa shape index (κ3) is 8.94. The lowest BCUT2D eigenvalue weighted by Crippen LogP contribution is -2.36. The van der Waals surface area contributed by atoms with Crippen molar-refractivity contribution in [2.45, 2.75) is 77.1 Å². The van der Waals surface area contributed by atoms with Gasteiger partial charge in [0.1, 0.15) is 11.5 Å². The average molecular weight is 559 g/mol. The molecule has 212 valence electrons. The standard InChI is InChI=1S/C33H42N2O4Si/c1-23(34-21-31(39-40-33(2,3)4)28-18-29(36)20-30(37)19-28)16-25-9-7-8-24(17-25)12-13-32(38)35-15-14-26-10-5-6-11-27(26)22-35/h5-11,17-20,23,31,34,36-37H,12-16,21-22H2,1-4H3/t23-,31+/m1/s1. The maximum Gasteiger partial charge on any atom is 0.236 e. The van der Waals surface area contributed by atoms with Gasteiger partial charge >= 0.3 is 0 Å². The summed E-state index contributed by atoms with van der Waals surface area (Å²) in [7, 11) is 0.272. The number of carbonyl (C=O) groups is 1. The Morgan fingerprint density at radius 3 is 2.42 bits per heavy atom. The molecule has 3 N–H and O–H groups in total. The van der Waals surface area contributed by atoms with Crippen molar-refractivity contribution in [2.75, 3.05) is 13.1 Å². The molecule has 7 heteroatoms. The second-order valence-electron chi connectivity index (χ2n) is 11.9. The van der Waals surface area contributed by atoms with E-state index in [-0.39, 0.29) is 44.4 Å². The monoisotopic (exact) mass is 558 g/mol. The Kier molecular flexibility index (Phi) is 10.1. The molecule has 2 atom stereocenters. The largest absolute Gasteiger partial charge is 0.508 e. The molecule has 0 saturated heterocycles. The highest BCUT2D eigenvalue weighted by Gasteiger charge is 2.22. The smallest absolute Gasteiger partial charge is 0.236 e. The van der Waals surface area contributed by atoms with Crippen molar-refractivity contribution in [1.82, 2.24) is 10.2 Å². The molecule has 0 fully saturated rings. The first-order valence-electron chi connectivity index (χ1n) is 14.2. The molecule has 1 aliphatic heterocycles. The van der Waals surface area contributed by atoms with Crippen LogP contribution in [0.2, 0.25) is 5.04 Å². The van der Waals surface area contributed by atoms with Crippen LogP contribution in [0.25, 0.3) is 0 Å². The van der Waals surface area contributed by atoms with Gasteiger partial charge in [0.2, 0.25) is 15.7 Å². The van der Waals surface area contributed by atoms with E-state index < -0.39 is 0 Å². The molecule has 0 saturated carbocycles. The van der Waals surface area contributed by atoms with Crippen molar-refractivity contribution < 1.29 is 19.4 Å². The highest BCUT2D eigenvalue weighted by molar-refractivity contribution is 6.31. The van der Waals surface area contributed by atoms with Crippen LogP contribution >= 0.6 is 0 Å². The quantitative estimate of drug-likeness (QED) is 0.262. The number of aromatic hydroxyl groups is 2. The first kappa shape index (κ1) is 29.8. The molecule has 0 bridgehead atoms. The fourth-order valence-corrected chi connectivity index (χ4v) is 5.76. The molecule has 2 radical (unpaired) electrons. The highest BCUT2D eigenvalue weighted by Crippen LogP contribution is 2.29. The van der Waals surface area contributed by atoms with E-state index in [2.05, 4.69) is 75.5 Å². The topological polar surface area (TPSA) is 82.0 Å². The van der Waals surface area contributed by atoms with Crippen LogP contribution in [0.15, 0.2) is 66.7 Å². The van der Waals surface area contributed by atoms with Gasteiger partial charge in [0.25, 0.3) is 0 Å². The fourth-order valence-electron chi connectivity index (χ4n) is 5.04. The number of phenolic OH excluding ortho intramolecular Hbond substituents is 2. The highest BCUT2D eigenvalue weighted by atomic mass is 28.2. The molecule has 1 aliphatic rings. The Morgan fingerprint density at radius 2 is 1.70 bits per heavy atom. The lowest BCUT2D eigenvalue weighted by Gasteiger charge is -2.29. The Bertz CT molecular complexity index is 1270. The van der Waals surface area contributed by atoms with Gasteiger partial charge in [0.05, 0.1) is 6.10 Å².